The molecule has 0 amide bonds. The molecule has 0 unspecified atom stereocenters. The van der Waals surface area contributed by atoms with Crippen LogP contribution in [-0.2, 0) is 0 Å². The fourth-order valence-corrected chi connectivity index (χ4v) is 5.69. The second-order valence-corrected chi connectivity index (χ2v) is 9.79. The summed E-state index contributed by atoms with van der Waals surface area (Å²) in [5.74, 6) is 0. The van der Waals surface area contributed by atoms with Crippen LogP contribution in [0.15, 0.2) is 175 Å². The molecule has 9 rings (SSSR count). The minimum absolute atomic E-state index is 0.156. The zero-order chi connectivity index (χ0) is 52.4. The molecule has 0 N–H and O–H groups in total. The van der Waals surface area contributed by atoms with Gasteiger partial charge in [-0.25, -0.2) is 0 Å². The average molecular weight is 599 g/mol. The highest BCUT2D eigenvalue weighted by Crippen LogP contribution is 2.45. The molecule has 2 aliphatic heterocycles. The van der Waals surface area contributed by atoms with Crippen molar-refractivity contribution < 1.29 is 35.6 Å². The minimum Gasteiger partial charge on any atom is -0.311 e. The second kappa shape index (κ2) is 10.4. The van der Waals surface area contributed by atoms with Crippen LogP contribution in [-0.4, -0.2) is 6.71 Å². The van der Waals surface area contributed by atoms with Gasteiger partial charge in [-0.15, -0.1) is 0 Å². The van der Waals surface area contributed by atoms with E-state index in [0.29, 0.717) is 0 Å². The van der Waals surface area contributed by atoms with E-state index < -0.39 is 220 Å². The first kappa shape index (κ1) is 10.7. The van der Waals surface area contributed by atoms with Crippen molar-refractivity contribution in [2.24, 2.45) is 0 Å². The van der Waals surface area contributed by atoms with Gasteiger partial charge < -0.3 is 9.80 Å². The van der Waals surface area contributed by atoms with Gasteiger partial charge in [0.25, 0.3) is 6.71 Å². The number of nitrogens with zero attached hydrogens (tertiary/aromatic N) is 2. The Morgan fingerprint density at radius 1 is 0.400 bits per heavy atom. The van der Waals surface area contributed by atoms with Crippen molar-refractivity contribution in [2.45, 2.75) is 0 Å². The monoisotopic (exact) mass is 598 g/mol. The molecule has 7 aromatic rings. The molecule has 2 aliphatic rings. The Balaban J connectivity index is 1.56. The molecular formula is C42H29BN2. The van der Waals surface area contributed by atoms with Crippen molar-refractivity contribution in [2.75, 3.05) is 9.80 Å². The van der Waals surface area contributed by atoms with Gasteiger partial charge in [0.15, 0.2) is 0 Å². The van der Waals surface area contributed by atoms with Crippen LogP contribution in [0.4, 0.5) is 34.1 Å². The summed E-state index contributed by atoms with van der Waals surface area (Å²) in [6, 6.07) is -19.3. The van der Waals surface area contributed by atoms with Crippen molar-refractivity contribution >= 4 is 57.2 Å². The van der Waals surface area contributed by atoms with Gasteiger partial charge in [0.1, 0.15) is 0 Å². The zero-order valence-corrected chi connectivity index (χ0v) is 22.7. The molecule has 2 heterocycles. The summed E-state index contributed by atoms with van der Waals surface area (Å²) in [5, 5.41) is 0. The predicted molar refractivity (Wildman–Crippen MR) is 191 cm³/mol. The Hall–Kier alpha value is -5.80. The molecule has 0 saturated heterocycles. The number of fused-ring (bicyclic) bond motifs is 4. The van der Waals surface area contributed by atoms with Gasteiger partial charge in [0.05, 0.1) is 35.6 Å². The summed E-state index contributed by atoms with van der Waals surface area (Å²) in [7, 11) is 0. The third-order valence-electron chi connectivity index (χ3n) is 7.42. The van der Waals surface area contributed by atoms with E-state index >= 15 is 0 Å². The lowest BCUT2D eigenvalue weighted by molar-refractivity contribution is 1.25. The summed E-state index contributed by atoms with van der Waals surface area (Å²) >= 11 is 0. The van der Waals surface area contributed by atoms with Crippen LogP contribution in [0.25, 0.3) is 22.3 Å². The lowest BCUT2D eigenvalue weighted by Crippen LogP contribution is -2.61. The standard InChI is InChI=1S/C42H29BN2/c1-4-15-30(16-5-1)32-27-33(31-17-6-2-7-18-31)29-35(28-32)45-39-24-13-11-22-37(39)43-36-21-10-12-23-38(36)44(34-19-8-3-9-20-34)40-25-14-26-41(45)42(40)43/h1-29H/i1D,2D,3D,4D,5D,6D,7D,8D,9D,10D,11D,12D,13D,15D,16D,17D,18D,19D,20D,21D,22D,23D,24D,27D,28D,29D. The maximum Gasteiger partial charge on any atom is 0.252 e. The summed E-state index contributed by atoms with van der Waals surface area (Å²) in [5.41, 5.74) is -7.24. The Labute approximate surface area is 301 Å². The molecule has 45 heavy (non-hydrogen) atoms. The fourth-order valence-electron chi connectivity index (χ4n) is 5.69. The predicted octanol–water partition coefficient (Wildman–Crippen LogP) is 9.10. The number of para-hydroxylation sites is 3. The number of rotatable bonds is 4. The van der Waals surface area contributed by atoms with Crippen molar-refractivity contribution in [3.8, 4) is 22.3 Å². The van der Waals surface area contributed by atoms with Crippen molar-refractivity contribution in [3.05, 3.63) is 175 Å². The molecule has 0 aromatic heterocycles. The molecule has 0 aliphatic carbocycles. The van der Waals surface area contributed by atoms with Crippen LogP contribution in [0.1, 0.15) is 35.6 Å². The van der Waals surface area contributed by atoms with E-state index in [1.807, 2.05) is 0 Å². The van der Waals surface area contributed by atoms with Gasteiger partial charge >= 0.3 is 0 Å². The molecule has 7 aromatic carbocycles. The molecule has 210 valence electrons. The maximum atomic E-state index is 9.94. The molecule has 0 fully saturated rings. The molecule has 0 bridgehead atoms. The van der Waals surface area contributed by atoms with Gasteiger partial charge in [-0.2, -0.15) is 0 Å². The van der Waals surface area contributed by atoms with Crippen LogP contribution < -0.4 is 26.2 Å². The van der Waals surface area contributed by atoms with Gasteiger partial charge in [0, 0.05) is 34.1 Å². The lowest BCUT2D eigenvalue weighted by Gasteiger charge is -2.44. The van der Waals surface area contributed by atoms with Crippen LogP contribution >= 0.6 is 0 Å². The van der Waals surface area contributed by atoms with Crippen LogP contribution in [0.5, 0.6) is 0 Å². The normalized spacial score (nSPS) is 20.8. The van der Waals surface area contributed by atoms with E-state index in [1.54, 1.807) is 0 Å². The highest BCUT2D eigenvalue weighted by atomic mass is 15.2. The van der Waals surface area contributed by atoms with Crippen molar-refractivity contribution in [1.82, 2.24) is 0 Å². The second-order valence-electron chi connectivity index (χ2n) is 9.79. The molecule has 0 saturated carbocycles. The summed E-state index contributed by atoms with van der Waals surface area (Å²) in [6.45, 7) is -1.66. The molecule has 0 spiro atoms. The Morgan fingerprint density at radius 3 is 1.38 bits per heavy atom. The molecule has 0 radical (unpaired) electrons. The summed E-state index contributed by atoms with van der Waals surface area (Å²) in [4.78, 5) is 1.92. The molecule has 0 atom stereocenters. The van der Waals surface area contributed by atoms with Crippen molar-refractivity contribution in [1.29, 1.82) is 0 Å². The Kier molecular flexibility index (Phi) is 2.48. The zero-order valence-electron chi connectivity index (χ0n) is 48.7. The van der Waals surface area contributed by atoms with Gasteiger partial charge in [-0.05, 0) is 93.1 Å². The molecule has 2 nitrogen and oxygen atoms in total. The number of hydrogen-bond donors (Lipinski definition) is 0. The molecule has 3 heteroatoms. The Bertz CT molecular complexity index is 3470. The number of anilines is 6. The average Bonchev–Trinajstić information content (AvgIpc) is 3.34. The first-order chi connectivity index (χ1) is 33.2. The first-order valence-corrected chi connectivity index (χ1v) is 13.5. The van der Waals surface area contributed by atoms with Gasteiger partial charge in [0.2, 0.25) is 0 Å². The molecular weight excluding hydrogens is 543 g/mol. The third kappa shape index (κ3) is 4.12. The van der Waals surface area contributed by atoms with E-state index in [4.69, 9.17) is 26.0 Å². The van der Waals surface area contributed by atoms with E-state index in [1.165, 1.54) is 18.2 Å². The number of hydrogen-bond acceptors (Lipinski definition) is 2. The summed E-state index contributed by atoms with van der Waals surface area (Å²) in [6.07, 6.45) is 0. The lowest BCUT2D eigenvalue weighted by atomic mass is 9.33. The largest absolute Gasteiger partial charge is 0.311 e. The van der Waals surface area contributed by atoms with E-state index in [9.17, 15) is 9.60 Å². The maximum absolute atomic E-state index is 9.94. The fraction of sp³-hybridized carbons (Fsp3) is 0. The van der Waals surface area contributed by atoms with Crippen molar-refractivity contribution in [3.63, 3.8) is 0 Å². The minimum atomic E-state index is -1.66. The third-order valence-corrected chi connectivity index (χ3v) is 7.42. The van der Waals surface area contributed by atoms with E-state index in [0.717, 1.165) is 9.80 Å². The van der Waals surface area contributed by atoms with Crippen LogP contribution in [0, 0.1) is 0 Å². The quantitative estimate of drug-likeness (QED) is 0.187. The topological polar surface area (TPSA) is 6.48 Å². The Morgan fingerprint density at radius 2 is 0.844 bits per heavy atom. The first-order valence-electron chi connectivity index (χ1n) is 26.5. The number of benzene rings is 7. The van der Waals surface area contributed by atoms with Gasteiger partial charge in [-0.3, -0.25) is 0 Å². The smallest absolute Gasteiger partial charge is 0.252 e. The van der Waals surface area contributed by atoms with E-state index in [-0.39, 0.29) is 16.8 Å². The van der Waals surface area contributed by atoms with Crippen LogP contribution in [0.3, 0.4) is 0 Å². The van der Waals surface area contributed by atoms with E-state index in [2.05, 4.69) is 0 Å². The summed E-state index contributed by atoms with van der Waals surface area (Å²) < 4.78 is 233. The van der Waals surface area contributed by atoms with Crippen LogP contribution in [0.2, 0.25) is 0 Å². The van der Waals surface area contributed by atoms with Gasteiger partial charge in [-0.1, -0.05) is 121 Å². The SMILES string of the molecule is [2H]c1c([2H])c([2H])c(-c2c([2H])c(-c3c([2H])c([2H])c([2H])c([2H])c3[2H])c([2H])c(N3c4cccc5c4B(c4c([2H])c([2H])c([2H])c([2H])c4N5c4c([2H])c([2H])c([2H])c([2H])c4[2H])c4c([2H])c([2H])c([2H])c([2H])c43)c2[2H])c([2H])c1[2H]. The highest BCUT2D eigenvalue weighted by Gasteiger charge is 2.42. The highest BCUT2D eigenvalue weighted by molar-refractivity contribution is 7.00.